The number of nitriles is 1. The first kappa shape index (κ1) is 13.0. The molecule has 0 saturated heterocycles. The smallest absolute Gasteiger partial charge is 0.128 e. The lowest BCUT2D eigenvalue weighted by molar-refractivity contribution is 0.196. The van der Waals surface area contributed by atoms with Crippen LogP contribution in [0.25, 0.3) is 0 Å². The fraction of sp³-hybridized carbons (Fsp3) is 0.417. The van der Waals surface area contributed by atoms with Gasteiger partial charge in [0.2, 0.25) is 0 Å². The fourth-order valence-electron chi connectivity index (χ4n) is 1.09. The third kappa shape index (κ3) is 3.51. The number of benzene rings is 1. The van der Waals surface area contributed by atoms with Gasteiger partial charge in [0.15, 0.2) is 0 Å². The minimum Gasteiger partial charge on any atom is -0.392 e. The van der Waals surface area contributed by atoms with Crippen molar-refractivity contribution < 1.29 is 9.50 Å². The maximum absolute atomic E-state index is 13.5. The van der Waals surface area contributed by atoms with Crippen LogP contribution in [0.1, 0.15) is 25.0 Å². The molecule has 0 aliphatic carbocycles. The summed E-state index contributed by atoms with van der Waals surface area (Å²) in [5.41, 5.74) is 0.895. The first-order valence-corrected chi connectivity index (χ1v) is 6.07. The molecule has 1 N–H and O–H groups in total. The normalized spacial score (nSPS) is 14.2. The van der Waals surface area contributed by atoms with Crippen LogP contribution < -0.4 is 0 Å². The largest absolute Gasteiger partial charge is 0.392 e. The van der Waals surface area contributed by atoms with Crippen LogP contribution in [-0.4, -0.2) is 16.5 Å². The Hall–Kier alpha value is -1.05. The quantitative estimate of drug-likeness (QED) is 0.878. The molecule has 0 heterocycles. The summed E-state index contributed by atoms with van der Waals surface area (Å²) < 4.78 is 13.5. The molecule has 1 aromatic rings. The Morgan fingerprint density at radius 1 is 1.50 bits per heavy atom. The number of halogens is 1. The monoisotopic (exact) mass is 239 g/mol. The van der Waals surface area contributed by atoms with E-state index < -0.39 is 6.10 Å². The summed E-state index contributed by atoms with van der Waals surface area (Å²) in [6.07, 6.45) is -0.411. The van der Waals surface area contributed by atoms with Gasteiger partial charge in [-0.3, -0.25) is 0 Å². The zero-order chi connectivity index (χ0) is 12.1. The molecule has 0 fully saturated rings. The van der Waals surface area contributed by atoms with Crippen molar-refractivity contribution >= 4 is 11.8 Å². The second-order valence-corrected chi connectivity index (χ2v) is 5.04. The topological polar surface area (TPSA) is 44.0 Å². The molecule has 2 nitrogen and oxygen atoms in total. The maximum Gasteiger partial charge on any atom is 0.128 e. The second-order valence-electron chi connectivity index (χ2n) is 3.67. The lowest BCUT2D eigenvalue weighted by Crippen LogP contribution is -2.15. The van der Waals surface area contributed by atoms with Crippen molar-refractivity contribution in [2.24, 2.45) is 0 Å². The van der Waals surface area contributed by atoms with E-state index in [-0.39, 0.29) is 11.1 Å². The Labute approximate surface area is 99.1 Å². The van der Waals surface area contributed by atoms with Crippen molar-refractivity contribution in [3.05, 3.63) is 35.1 Å². The molecule has 1 aromatic carbocycles. The van der Waals surface area contributed by atoms with Crippen molar-refractivity contribution in [3.8, 4) is 6.07 Å². The zero-order valence-corrected chi connectivity index (χ0v) is 10.1. The Kier molecular flexibility index (Phi) is 4.78. The molecule has 0 aromatic heterocycles. The number of rotatable bonds is 4. The molecule has 16 heavy (non-hydrogen) atoms. The van der Waals surface area contributed by atoms with Crippen LogP contribution in [0.4, 0.5) is 4.39 Å². The van der Waals surface area contributed by atoms with E-state index in [0.717, 1.165) is 0 Å². The van der Waals surface area contributed by atoms with Gasteiger partial charge in [0, 0.05) is 11.0 Å². The SMILES string of the molecule is CC(O)C(C)SCc1ccc(C#N)cc1F. The summed E-state index contributed by atoms with van der Waals surface area (Å²) in [4.78, 5) is 0. The van der Waals surface area contributed by atoms with E-state index in [0.29, 0.717) is 16.9 Å². The zero-order valence-electron chi connectivity index (χ0n) is 9.27. The molecular weight excluding hydrogens is 225 g/mol. The highest BCUT2D eigenvalue weighted by Crippen LogP contribution is 2.22. The predicted octanol–water partition coefficient (Wildman–Crippen LogP) is 2.70. The van der Waals surface area contributed by atoms with Crippen molar-refractivity contribution in [1.29, 1.82) is 5.26 Å². The molecule has 0 bridgehead atoms. The predicted molar refractivity (Wildman–Crippen MR) is 63.6 cm³/mol. The molecule has 2 atom stereocenters. The molecule has 0 saturated carbocycles. The lowest BCUT2D eigenvalue weighted by Gasteiger charge is -2.14. The van der Waals surface area contributed by atoms with E-state index in [1.807, 2.05) is 13.0 Å². The highest BCUT2D eigenvalue weighted by Gasteiger charge is 2.11. The minimum absolute atomic E-state index is 0.0649. The third-order valence-electron chi connectivity index (χ3n) is 2.36. The van der Waals surface area contributed by atoms with Crippen LogP contribution in [0.2, 0.25) is 0 Å². The van der Waals surface area contributed by atoms with Gasteiger partial charge in [0.25, 0.3) is 0 Å². The number of thioether (sulfide) groups is 1. The molecule has 0 spiro atoms. The van der Waals surface area contributed by atoms with E-state index in [1.54, 1.807) is 19.1 Å². The van der Waals surface area contributed by atoms with Crippen molar-refractivity contribution in [2.45, 2.75) is 31.0 Å². The number of aliphatic hydroxyl groups excluding tert-OH is 1. The van der Waals surface area contributed by atoms with E-state index in [4.69, 9.17) is 5.26 Å². The highest BCUT2D eigenvalue weighted by molar-refractivity contribution is 7.99. The molecule has 0 radical (unpaired) electrons. The lowest BCUT2D eigenvalue weighted by atomic mass is 10.1. The summed E-state index contributed by atoms with van der Waals surface area (Å²) in [5.74, 6) is 0.146. The average Bonchev–Trinajstić information content (AvgIpc) is 2.26. The summed E-state index contributed by atoms with van der Waals surface area (Å²) in [5, 5.41) is 17.9. The third-order valence-corrected chi connectivity index (χ3v) is 3.76. The van der Waals surface area contributed by atoms with Crippen LogP contribution in [-0.2, 0) is 5.75 Å². The van der Waals surface area contributed by atoms with Gasteiger partial charge in [0.1, 0.15) is 5.82 Å². The number of nitrogens with zero attached hydrogens (tertiary/aromatic N) is 1. The van der Waals surface area contributed by atoms with Gasteiger partial charge in [-0.25, -0.2) is 4.39 Å². The van der Waals surface area contributed by atoms with Gasteiger partial charge in [-0.2, -0.15) is 17.0 Å². The van der Waals surface area contributed by atoms with Gasteiger partial charge in [-0.1, -0.05) is 13.0 Å². The summed E-state index contributed by atoms with van der Waals surface area (Å²) in [6.45, 7) is 3.61. The molecule has 1 rings (SSSR count). The van der Waals surface area contributed by atoms with Crippen molar-refractivity contribution in [3.63, 3.8) is 0 Å². The van der Waals surface area contributed by atoms with E-state index in [2.05, 4.69) is 0 Å². The standard InChI is InChI=1S/C12H14FNOS/c1-8(15)9(2)16-7-11-4-3-10(6-14)5-12(11)13/h3-5,8-9,15H,7H2,1-2H3. The van der Waals surface area contributed by atoms with Gasteiger partial charge < -0.3 is 5.11 Å². The molecule has 0 amide bonds. The Balaban J connectivity index is 2.65. The van der Waals surface area contributed by atoms with Gasteiger partial charge >= 0.3 is 0 Å². The molecule has 4 heteroatoms. The van der Waals surface area contributed by atoms with E-state index in [9.17, 15) is 9.50 Å². The van der Waals surface area contributed by atoms with Crippen LogP contribution in [0.15, 0.2) is 18.2 Å². The van der Waals surface area contributed by atoms with Crippen molar-refractivity contribution in [1.82, 2.24) is 0 Å². The number of hydrogen-bond acceptors (Lipinski definition) is 3. The Morgan fingerprint density at radius 3 is 2.69 bits per heavy atom. The number of hydrogen-bond donors (Lipinski definition) is 1. The van der Waals surface area contributed by atoms with E-state index >= 15 is 0 Å². The van der Waals surface area contributed by atoms with Crippen LogP contribution in [0, 0.1) is 17.1 Å². The molecule has 0 aliphatic rings. The van der Waals surface area contributed by atoms with Crippen LogP contribution >= 0.6 is 11.8 Å². The first-order chi connectivity index (χ1) is 7.54. The minimum atomic E-state index is -0.411. The second kappa shape index (κ2) is 5.88. The van der Waals surface area contributed by atoms with Crippen LogP contribution in [0.3, 0.4) is 0 Å². The fourth-order valence-corrected chi connectivity index (χ4v) is 2.05. The molecule has 86 valence electrons. The van der Waals surface area contributed by atoms with Gasteiger partial charge in [-0.15, -0.1) is 0 Å². The molecule has 2 unspecified atom stereocenters. The molecular formula is C12H14FNOS. The van der Waals surface area contributed by atoms with Crippen LogP contribution in [0.5, 0.6) is 0 Å². The highest BCUT2D eigenvalue weighted by atomic mass is 32.2. The summed E-state index contributed by atoms with van der Waals surface area (Å²) in [6, 6.07) is 6.35. The maximum atomic E-state index is 13.5. The average molecular weight is 239 g/mol. The Bertz CT molecular complexity index is 400. The molecule has 0 aliphatic heterocycles. The van der Waals surface area contributed by atoms with Gasteiger partial charge in [0.05, 0.1) is 17.7 Å². The van der Waals surface area contributed by atoms with Gasteiger partial charge in [-0.05, 0) is 24.6 Å². The van der Waals surface area contributed by atoms with E-state index in [1.165, 1.54) is 17.8 Å². The first-order valence-electron chi connectivity index (χ1n) is 5.02. The summed E-state index contributed by atoms with van der Waals surface area (Å²) >= 11 is 1.49. The Morgan fingerprint density at radius 2 is 2.19 bits per heavy atom. The van der Waals surface area contributed by atoms with Crippen molar-refractivity contribution in [2.75, 3.05) is 0 Å². The number of aliphatic hydroxyl groups is 1. The summed E-state index contributed by atoms with van der Waals surface area (Å²) in [7, 11) is 0.